The molecule has 0 amide bonds. The van der Waals surface area contributed by atoms with Crippen LogP contribution in [0.5, 0.6) is 0 Å². The van der Waals surface area contributed by atoms with E-state index in [9.17, 15) is 9.46 Å². The highest BCUT2D eigenvalue weighted by atomic mass is 31.2. The van der Waals surface area contributed by atoms with Crippen molar-refractivity contribution in [1.82, 2.24) is 0 Å². The van der Waals surface area contributed by atoms with Gasteiger partial charge in [0.25, 0.3) is 0 Å². The lowest BCUT2D eigenvalue weighted by atomic mass is 10.0. The Balaban J connectivity index is 2.41. The van der Waals surface area contributed by atoms with Crippen molar-refractivity contribution < 1.29 is 9.46 Å². The molecule has 3 heteroatoms. The summed E-state index contributed by atoms with van der Waals surface area (Å²) in [7, 11) is -3.25. The van der Waals surface area contributed by atoms with Gasteiger partial charge in [0, 0.05) is 5.30 Å². The van der Waals surface area contributed by atoms with Gasteiger partial charge in [-0.1, -0.05) is 45.9 Å². The van der Waals surface area contributed by atoms with E-state index in [0.717, 1.165) is 0 Å². The molecule has 1 aliphatic carbocycles. The van der Waals surface area contributed by atoms with E-state index in [1.165, 1.54) is 0 Å². The third-order valence-corrected chi connectivity index (χ3v) is 7.45. The molecule has 0 bridgehead atoms. The van der Waals surface area contributed by atoms with Gasteiger partial charge >= 0.3 is 0 Å². The molecule has 1 saturated carbocycles. The third-order valence-electron chi connectivity index (χ3n) is 4.42. The van der Waals surface area contributed by atoms with E-state index in [2.05, 4.69) is 27.7 Å². The van der Waals surface area contributed by atoms with Gasteiger partial charge in [0.05, 0.1) is 5.66 Å². The molecule has 0 aromatic heterocycles. The molecule has 0 radical (unpaired) electrons. The Morgan fingerprint density at radius 1 is 1.06 bits per heavy atom. The van der Waals surface area contributed by atoms with E-state index < -0.39 is 7.37 Å². The molecule has 1 fully saturated rings. The second-order valence-electron chi connectivity index (χ2n) is 5.80. The molecule has 0 spiro atoms. The number of benzene rings is 1. The zero-order valence-corrected chi connectivity index (χ0v) is 11.2. The van der Waals surface area contributed by atoms with Gasteiger partial charge in [-0.3, -0.25) is 4.57 Å². The van der Waals surface area contributed by atoms with Crippen LogP contribution in [0.25, 0.3) is 0 Å². The molecule has 0 saturated heterocycles. The van der Waals surface area contributed by atoms with Gasteiger partial charge in [0.15, 0.2) is 0 Å². The summed E-state index contributed by atoms with van der Waals surface area (Å²) in [5.41, 5.74) is -0.254. The second-order valence-corrected chi connectivity index (χ2v) is 8.08. The molecular formula is C13H19O2P. The Bertz CT molecular complexity index is 434. The first kappa shape index (κ1) is 11.9. The molecule has 0 aliphatic heterocycles. The first-order valence-electron chi connectivity index (χ1n) is 5.60. The highest BCUT2D eigenvalue weighted by Gasteiger charge is 2.71. The first-order valence-corrected chi connectivity index (χ1v) is 7.33. The lowest BCUT2D eigenvalue weighted by molar-refractivity contribution is 0.457. The van der Waals surface area contributed by atoms with E-state index in [-0.39, 0.29) is 16.5 Å². The molecule has 88 valence electrons. The number of rotatable bonds is 2. The van der Waals surface area contributed by atoms with E-state index in [1.54, 1.807) is 12.1 Å². The summed E-state index contributed by atoms with van der Waals surface area (Å²) in [6.07, 6.45) is 0. The normalized spacial score (nSPS) is 26.1. The summed E-state index contributed by atoms with van der Waals surface area (Å²) in [6, 6.07) is 9.02. The molecule has 1 N–H and O–H groups in total. The van der Waals surface area contributed by atoms with Gasteiger partial charge < -0.3 is 4.89 Å². The number of hydrogen-bond acceptors (Lipinski definition) is 1. The minimum atomic E-state index is -3.25. The molecule has 1 unspecified atom stereocenters. The summed E-state index contributed by atoms with van der Waals surface area (Å²) in [5, 5.41) is 0.582. The van der Waals surface area contributed by atoms with Gasteiger partial charge in [-0.2, -0.15) is 0 Å². The van der Waals surface area contributed by atoms with Crippen LogP contribution in [0, 0.1) is 10.8 Å². The van der Waals surface area contributed by atoms with Crippen molar-refractivity contribution in [1.29, 1.82) is 0 Å². The van der Waals surface area contributed by atoms with Crippen molar-refractivity contribution in [2.45, 2.75) is 33.4 Å². The van der Waals surface area contributed by atoms with Gasteiger partial charge in [0.1, 0.15) is 0 Å². The maximum absolute atomic E-state index is 12.6. The van der Waals surface area contributed by atoms with E-state index in [4.69, 9.17) is 0 Å². The van der Waals surface area contributed by atoms with Crippen molar-refractivity contribution in [3.8, 4) is 0 Å². The van der Waals surface area contributed by atoms with Crippen LogP contribution in [0.1, 0.15) is 27.7 Å². The summed E-state index contributed by atoms with van der Waals surface area (Å²) in [5.74, 6) is 0. The molecular weight excluding hydrogens is 219 g/mol. The standard InChI is InChI=1S/C13H19O2P/c1-12(2)11(13(12,3)4)16(14,15)10-8-6-5-7-9-10/h5-9,11H,1-4H3,(H,14,15). The molecule has 1 aliphatic rings. The molecule has 1 atom stereocenters. The van der Waals surface area contributed by atoms with Crippen LogP contribution in [0.4, 0.5) is 0 Å². The molecule has 2 rings (SSSR count). The van der Waals surface area contributed by atoms with Crippen LogP contribution in [0.2, 0.25) is 0 Å². The Labute approximate surface area is 97.2 Å². The molecule has 1 aromatic carbocycles. The highest BCUT2D eigenvalue weighted by molar-refractivity contribution is 7.67. The van der Waals surface area contributed by atoms with E-state index in [0.29, 0.717) is 5.30 Å². The fourth-order valence-electron chi connectivity index (χ4n) is 2.83. The van der Waals surface area contributed by atoms with Gasteiger partial charge in [-0.25, -0.2) is 0 Å². The minimum Gasteiger partial charge on any atom is -0.341 e. The van der Waals surface area contributed by atoms with Gasteiger partial charge in [-0.15, -0.1) is 0 Å². The summed E-state index contributed by atoms with van der Waals surface area (Å²) < 4.78 is 12.6. The summed E-state index contributed by atoms with van der Waals surface area (Å²) >= 11 is 0. The molecule has 16 heavy (non-hydrogen) atoms. The van der Waals surface area contributed by atoms with Crippen molar-refractivity contribution in [3.05, 3.63) is 30.3 Å². The predicted octanol–water partition coefficient (Wildman–Crippen LogP) is 3.02. The Morgan fingerprint density at radius 3 is 1.88 bits per heavy atom. The fraction of sp³-hybridized carbons (Fsp3) is 0.538. The maximum Gasteiger partial charge on any atom is 0.233 e. The minimum absolute atomic E-state index is 0.0624. The van der Waals surface area contributed by atoms with Crippen LogP contribution in [-0.4, -0.2) is 10.6 Å². The zero-order chi connectivity index (χ0) is 12.2. The van der Waals surface area contributed by atoms with Crippen molar-refractivity contribution in [3.63, 3.8) is 0 Å². The number of hydrogen-bond donors (Lipinski definition) is 1. The van der Waals surface area contributed by atoms with E-state index in [1.807, 2.05) is 18.2 Å². The fourth-order valence-corrected chi connectivity index (χ4v) is 6.07. The average Bonchev–Trinajstić information content (AvgIpc) is 2.59. The molecule has 2 nitrogen and oxygen atoms in total. The van der Waals surface area contributed by atoms with Crippen molar-refractivity contribution in [2.75, 3.05) is 0 Å². The molecule has 1 aromatic rings. The summed E-state index contributed by atoms with van der Waals surface area (Å²) in [6.45, 7) is 8.29. The average molecular weight is 238 g/mol. The Morgan fingerprint density at radius 2 is 1.50 bits per heavy atom. The Kier molecular flexibility index (Phi) is 2.38. The van der Waals surface area contributed by atoms with Crippen LogP contribution < -0.4 is 5.30 Å². The van der Waals surface area contributed by atoms with Crippen molar-refractivity contribution in [2.24, 2.45) is 10.8 Å². The predicted molar refractivity (Wildman–Crippen MR) is 67.3 cm³/mol. The molecule has 0 heterocycles. The SMILES string of the molecule is CC1(C)C(P(=O)(O)c2ccccc2)C1(C)C. The maximum atomic E-state index is 12.6. The monoisotopic (exact) mass is 238 g/mol. The van der Waals surface area contributed by atoms with Crippen LogP contribution >= 0.6 is 7.37 Å². The van der Waals surface area contributed by atoms with Gasteiger partial charge in [-0.05, 0) is 23.0 Å². The lowest BCUT2D eigenvalue weighted by Crippen LogP contribution is -2.11. The first-order chi connectivity index (χ1) is 7.22. The van der Waals surface area contributed by atoms with Crippen LogP contribution in [0.3, 0.4) is 0 Å². The third kappa shape index (κ3) is 1.40. The van der Waals surface area contributed by atoms with E-state index >= 15 is 0 Å². The zero-order valence-electron chi connectivity index (χ0n) is 10.3. The highest BCUT2D eigenvalue weighted by Crippen LogP contribution is 2.77. The summed E-state index contributed by atoms with van der Waals surface area (Å²) in [4.78, 5) is 10.4. The topological polar surface area (TPSA) is 37.3 Å². The largest absolute Gasteiger partial charge is 0.341 e. The van der Waals surface area contributed by atoms with Crippen LogP contribution in [0.15, 0.2) is 30.3 Å². The quantitative estimate of drug-likeness (QED) is 0.804. The smallest absolute Gasteiger partial charge is 0.233 e. The van der Waals surface area contributed by atoms with Crippen LogP contribution in [-0.2, 0) is 4.57 Å². The second kappa shape index (κ2) is 3.21. The van der Waals surface area contributed by atoms with Gasteiger partial charge in [0.2, 0.25) is 7.37 Å². The Hall–Kier alpha value is -0.590. The lowest BCUT2D eigenvalue weighted by Gasteiger charge is -2.13. The van der Waals surface area contributed by atoms with Crippen molar-refractivity contribution >= 4 is 12.7 Å².